The second-order valence-electron chi connectivity index (χ2n) is 2.49. The van der Waals surface area contributed by atoms with Gasteiger partial charge in [-0.1, -0.05) is 11.8 Å². The molecule has 2 N–H and O–H groups in total. The summed E-state index contributed by atoms with van der Waals surface area (Å²) >= 11 is 0.901. The van der Waals surface area contributed by atoms with Crippen LogP contribution in [0.5, 0.6) is 0 Å². The summed E-state index contributed by atoms with van der Waals surface area (Å²) in [7, 11) is 0. The number of halogens is 3. The Balaban J connectivity index is 3.30. The first-order chi connectivity index (χ1) is 6.84. The molecule has 0 unspecified atom stereocenters. The molecule has 0 spiro atoms. The Morgan fingerprint density at radius 1 is 1.47 bits per heavy atom. The van der Waals surface area contributed by atoms with Crippen molar-refractivity contribution in [3.8, 4) is 0 Å². The molecule has 4 nitrogen and oxygen atoms in total. The second kappa shape index (κ2) is 4.05. The molecular formula is C7H6F3N3OS. The van der Waals surface area contributed by atoms with E-state index < -0.39 is 23.5 Å². The Hall–Kier alpha value is -1.31. The van der Waals surface area contributed by atoms with Crippen molar-refractivity contribution < 1.29 is 18.0 Å². The highest BCUT2D eigenvalue weighted by molar-refractivity contribution is 7.98. The first kappa shape index (κ1) is 11.8. The second-order valence-corrected chi connectivity index (χ2v) is 3.26. The predicted molar refractivity (Wildman–Crippen MR) is 47.3 cm³/mol. The van der Waals surface area contributed by atoms with Crippen LogP contribution in [0.15, 0.2) is 11.2 Å². The molecule has 1 heterocycles. The molecule has 0 bridgehead atoms. The third-order valence-corrected chi connectivity index (χ3v) is 1.98. The van der Waals surface area contributed by atoms with Crippen LogP contribution in [0.2, 0.25) is 0 Å². The third-order valence-electron chi connectivity index (χ3n) is 1.43. The first-order valence-electron chi connectivity index (χ1n) is 3.64. The molecular weight excluding hydrogens is 231 g/mol. The number of hydrogen-bond donors (Lipinski definition) is 1. The minimum absolute atomic E-state index is 0.140. The zero-order valence-corrected chi connectivity index (χ0v) is 8.32. The lowest BCUT2D eigenvalue weighted by Crippen LogP contribution is -2.17. The summed E-state index contributed by atoms with van der Waals surface area (Å²) in [6.45, 7) is 0. The molecule has 0 aliphatic heterocycles. The van der Waals surface area contributed by atoms with Gasteiger partial charge in [0.1, 0.15) is 11.4 Å². The summed E-state index contributed by atoms with van der Waals surface area (Å²) < 4.78 is 36.9. The average molecular weight is 237 g/mol. The van der Waals surface area contributed by atoms with Gasteiger partial charge in [-0.25, -0.2) is 9.97 Å². The van der Waals surface area contributed by atoms with E-state index in [0.29, 0.717) is 6.07 Å². The SMILES string of the molecule is CSc1nc(C(N)=O)cc(C(F)(F)F)n1. The van der Waals surface area contributed by atoms with Crippen molar-refractivity contribution in [2.24, 2.45) is 5.73 Å². The fourth-order valence-corrected chi connectivity index (χ4v) is 1.17. The van der Waals surface area contributed by atoms with Gasteiger partial charge in [0.25, 0.3) is 5.91 Å². The fraction of sp³-hybridized carbons (Fsp3) is 0.286. The van der Waals surface area contributed by atoms with Crippen LogP contribution >= 0.6 is 11.8 Å². The summed E-state index contributed by atoms with van der Waals surface area (Å²) in [6.07, 6.45) is -3.11. The van der Waals surface area contributed by atoms with Crippen molar-refractivity contribution in [3.63, 3.8) is 0 Å². The number of carbonyl (C=O) groups is 1. The number of rotatable bonds is 2. The summed E-state index contributed by atoms with van der Waals surface area (Å²) in [4.78, 5) is 17.5. The molecule has 1 aromatic heterocycles. The Bertz CT molecular complexity index is 394. The van der Waals surface area contributed by atoms with Crippen LogP contribution in [0.25, 0.3) is 0 Å². The smallest absolute Gasteiger partial charge is 0.364 e. The molecule has 0 fully saturated rings. The maximum atomic E-state index is 12.3. The molecule has 8 heteroatoms. The van der Waals surface area contributed by atoms with E-state index in [4.69, 9.17) is 5.73 Å². The van der Waals surface area contributed by atoms with E-state index in [2.05, 4.69) is 9.97 Å². The molecule has 0 aliphatic carbocycles. The van der Waals surface area contributed by atoms with Crippen molar-refractivity contribution in [2.45, 2.75) is 11.3 Å². The summed E-state index contributed by atoms with van der Waals surface area (Å²) in [5.41, 5.74) is 3.23. The average Bonchev–Trinajstić information content (AvgIpc) is 2.15. The van der Waals surface area contributed by atoms with E-state index in [0.717, 1.165) is 11.8 Å². The van der Waals surface area contributed by atoms with Gasteiger partial charge in [-0.3, -0.25) is 4.79 Å². The van der Waals surface area contributed by atoms with Gasteiger partial charge in [0.05, 0.1) is 0 Å². The maximum absolute atomic E-state index is 12.3. The molecule has 0 saturated carbocycles. The maximum Gasteiger partial charge on any atom is 0.433 e. The van der Waals surface area contributed by atoms with Gasteiger partial charge < -0.3 is 5.73 Å². The van der Waals surface area contributed by atoms with E-state index in [1.54, 1.807) is 0 Å². The van der Waals surface area contributed by atoms with Crippen molar-refractivity contribution in [1.82, 2.24) is 9.97 Å². The molecule has 82 valence electrons. The van der Waals surface area contributed by atoms with Gasteiger partial charge in [-0.05, 0) is 6.26 Å². The van der Waals surface area contributed by atoms with Gasteiger partial charge in [0.15, 0.2) is 5.16 Å². The zero-order valence-electron chi connectivity index (χ0n) is 7.50. The minimum Gasteiger partial charge on any atom is -0.364 e. The number of nitrogens with zero attached hydrogens (tertiary/aromatic N) is 2. The van der Waals surface area contributed by atoms with Crippen molar-refractivity contribution in [3.05, 3.63) is 17.5 Å². The number of primary amides is 1. The van der Waals surface area contributed by atoms with E-state index in [9.17, 15) is 18.0 Å². The lowest BCUT2D eigenvalue weighted by atomic mass is 10.3. The van der Waals surface area contributed by atoms with E-state index >= 15 is 0 Å². The molecule has 0 aliphatic rings. The van der Waals surface area contributed by atoms with Gasteiger partial charge in [-0.2, -0.15) is 13.2 Å². The van der Waals surface area contributed by atoms with Crippen molar-refractivity contribution >= 4 is 17.7 Å². The van der Waals surface area contributed by atoms with Crippen LogP contribution in [0, 0.1) is 0 Å². The van der Waals surface area contributed by atoms with Crippen molar-refractivity contribution in [2.75, 3.05) is 6.26 Å². The highest BCUT2D eigenvalue weighted by Crippen LogP contribution is 2.28. The molecule has 0 saturated heterocycles. The Morgan fingerprint density at radius 3 is 2.47 bits per heavy atom. The summed E-state index contributed by atoms with van der Waals surface area (Å²) in [5, 5.41) is -0.140. The Morgan fingerprint density at radius 2 is 2.07 bits per heavy atom. The molecule has 0 atom stereocenters. The highest BCUT2D eigenvalue weighted by atomic mass is 32.2. The monoisotopic (exact) mass is 237 g/mol. The van der Waals surface area contributed by atoms with Crippen LogP contribution < -0.4 is 5.73 Å². The quantitative estimate of drug-likeness (QED) is 0.622. The van der Waals surface area contributed by atoms with E-state index in [1.807, 2.05) is 0 Å². The van der Waals surface area contributed by atoms with Crippen LogP contribution in [-0.4, -0.2) is 22.1 Å². The highest BCUT2D eigenvalue weighted by Gasteiger charge is 2.34. The Kier molecular flexibility index (Phi) is 3.18. The van der Waals surface area contributed by atoms with Gasteiger partial charge in [-0.15, -0.1) is 0 Å². The van der Waals surface area contributed by atoms with Gasteiger partial charge in [0, 0.05) is 6.07 Å². The van der Waals surface area contributed by atoms with Crippen LogP contribution in [0.3, 0.4) is 0 Å². The van der Waals surface area contributed by atoms with Crippen LogP contribution in [0.1, 0.15) is 16.2 Å². The summed E-state index contributed by atoms with van der Waals surface area (Å²) in [6, 6.07) is 0.530. The third kappa shape index (κ3) is 2.82. The molecule has 1 aromatic rings. The van der Waals surface area contributed by atoms with Gasteiger partial charge >= 0.3 is 6.18 Å². The molecule has 1 amide bonds. The first-order valence-corrected chi connectivity index (χ1v) is 4.87. The predicted octanol–water partition coefficient (Wildman–Crippen LogP) is 1.32. The fourth-order valence-electron chi connectivity index (χ4n) is 0.788. The molecule has 1 rings (SSSR count). The van der Waals surface area contributed by atoms with Crippen LogP contribution in [0.4, 0.5) is 13.2 Å². The normalized spacial score (nSPS) is 11.5. The zero-order chi connectivity index (χ0) is 11.6. The number of aromatic nitrogens is 2. The van der Waals surface area contributed by atoms with Crippen molar-refractivity contribution in [1.29, 1.82) is 0 Å². The van der Waals surface area contributed by atoms with Gasteiger partial charge in [0.2, 0.25) is 0 Å². The number of alkyl halides is 3. The standard InChI is InChI=1S/C7H6F3N3OS/c1-15-6-12-3(5(11)14)2-4(13-6)7(8,9)10/h2H,1H3,(H2,11,14). The number of amides is 1. The lowest BCUT2D eigenvalue weighted by molar-refractivity contribution is -0.141. The molecule has 0 aromatic carbocycles. The van der Waals surface area contributed by atoms with E-state index in [-0.39, 0.29) is 5.16 Å². The lowest BCUT2D eigenvalue weighted by Gasteiger charge is -2.07. The largest absolute Gasteiger partial charge is 0.433 e. The number of hydrogen-bond acceptors (Lipinski definition) is 4. The Labute approximate surface area is 87.1 Å². The number of nitrogens with two attached hydrogens (primary N) is 1. The molecule has 0 radical (unpaired) electrons. The topological polar surface area (TPSA) is 68.9 Å². The molecule has 15 heavy (non-hydrogen) atoms. The van der Waals surface area contributed by atoms with E-state index in [1.165, 1.54) is 6.26 Å². The minimum atomic E-state index is -4.61. The number of thioether (sulfide) groups is 1. The summed E-state index contributed by atoms with van der Waals surface area (Å²) in [5.74, 6) is -1.02. The number of carbonyl (C=O) groups excluding carboxylic acids is 1. The van der Waals surface area contributed by atoms with Crippen LogP contribution in [-0.2, 0) is 6.18 Å².